The molecule has 2 N–H and O–H groups in total. The number of urea groups is 1. The molecule has 5 amide bonds. The normalized spacial score (nSPS) is 20.2. The topological polar surface area (TPSA) is 126 Å². The second-order valence-corrected chi connectivity index (χ2v) is 9.48. The van der Waals surface area contributed by atoms with Crippen molar-refractivity contribution in [2.75, 3.05) is 47.0 Å². The Kier molecular flexibility index (Phi) is 9.48. The van der Waals surface area contributed by atoms with E-state index >= 15 is 0 Å². The zero-order chi connectivity index (χ0) is 27.8. The van der Waals surface area contributed by atoms with Crippen molar-refractivity contribution in [3.05, 3.63) is 48.1 Å². The molecule has 0 bridgehead atoms. The molecule has 2 heterocycles. The number of ether oxygens (including phenoxy) is 3. The highest BCUT2D eigenvalue weighted by atomic mass is 16.5. The summed E-state index contributed by atoms with van der Waals surface area (Å²) in [4.78, 5) is 52.7. The molecule has 1 aromatic rings. The molecule has 2 aliphatic heterocycles. The van der Waals surface area contributed by atoms with Crippen molar-refractivity contribution >= 4 is 29.5 Å². The summed E-state index contributed by atoms with van der Waals surface area (Å²) in [7, 11) is 3.13. The molecular formula is C28H35N4O7+. The van der Waals surface area contributed by atoms with E-state index in [9.17, 15) is 19.2 Å². The summed E-state index contributed by atoms with van der Waals surface area (Å²) in [5.74, 6) is -0.492. The number of allylic oxidation sites excluding steroid dienone is 3. The number of hydrogen-bond acceptors (Lipinski definition) is 7. The van der Waals surface area contributed by atoms with E-state index in [-0.39, 0.29) is 37.4 Å². The van der Waals surface area contributed by atoms with E-state index in [1.807, 2.05) is 12.1 Å². The average molecular weight is 540 g/mol. The first-order chi connectivity index (χ1) is 18.9. The second-order valence-electron chi connectivity index (χ2n) is 9.48. The number of imide groups is 1. The molecular weight excluding hydrogens is 504 g/mol. The molecule has 11 nitrogen and oxygen atoms in total. The minimum absolute atomic E-state index is 0.0211. The van der Waals surface area contributed by atoms with Crippen LogP contribution in [0.2, 0.25) is 0 Å². The van der Waals surface area contributed by atoms with Gasteiger partial charge in [-0.2, -0.15) is 14.3 Å². The van der Waals surface area contributed by atoms with Gasteiger partial charge in [0, 0.05) is 19.7 Å². The third-order valence-electron chi connectivity index (χ3n) is 6.90. The molecule has 39 heavy (non-hydrogen) atoms. The van der Waals surface area contributed by atoms with Gasteiger partial charge >= 0.3 is 11.9 Å². The lowest BCUT2D eigenvalue weighted by molar-refractivity contribution is -0.428. The van der Waals surface area contributed by atoms with Crippen LogP contribution in [-0.4, -0.2) is 92.0 Å². The highest BCUT2D eigenvalue weighted by Gasteiger charge is 2.47. The maximum Gasteiger partial charge on any atom is 0.501 e. The molecule has 0 radical (unpaired) electrons. The first-order valence-electron chi connectivity index (χ1n) is 13.1. The molecule has 1 fully saturated rings. The molecule has 0 spiro atoms. The number of hydrogen-bond donors (Lipinski definition) is 2. The summed E-state index contributed by atoms with van der Waals surface area (Å²) in [6.07, 6.45) is 9.17. The first kappa shape index (κ1) is 28.0. The van der Waals surface area contributed by atoms with Crippen LogP contribution in [0.15, 0.2) is 42.5 Å². The predicted molar refractivity (Wildman–Crippen MR) is 142 cm³/mol. The molecule has 0 saturated carbocycles. The summed E-state index contributed by atoms with van der Waals surface area (Å²) in [6.45, 7) is 1.12. The van der Waals surface area contributed by atoms with E-state index < -0.39 is 17.9 Å². The Hall–Kier alpha value is -3.99. The van der Waals surface area contributed by atoms with E-state index in [0.717, 1.165) is 23.3 Å². The lowest BCUT2D eigenvalue weighted by Crippen LogP contribution is -2.56. The zero-order valence-electron chi connectivity index (χ0n) is 22.3. The van der Waals surface area contributed by atoms with Gasteiger partial charge in [-0.25, -0.2) is 4.79 Å². The Morgan fingerprint density at radius 1 is 1.10 bits per heavy atom. The number of rotatable bonds is 12. The molecule has 2 unspecified atom stereocenters. The van der Waals surface area contributed by atoms with Gasteiger partial charge in [0.25, 0.3) is 5.91 Å². The van der Waals surface area contributed by atoms with E-state index in [1.54, 1.807) is 44.6 Å². The zero-order valence-corrected chi connectivity index (χ0v) is 22.3. The SMILES string of the molecule is COc1ccc(CCNC(=O)CCN2C(=O)C3C=CC=CC3=[N+](CC(=O)NCC3CCCO3)C2=O)cc1OC. The Labute approximate surface area is 227 Å². The number of amides is 5. The summed E-state index contributed by atoms with van der Waals surface area (Å²) in [5.41, 5.74) is 1.42. The smallest absolute Gasteiger partial charge is 0.493 e. The number of carbonyl (C=O) groups excluding carboxylic acids is 4. The third-order valence-corrected chi connectivity index (χ3v) is 6.90. The van der Waals surface area contributed by atoms with Gasteiger partial charge < -0.3 is 24.8 Å². The number of nitrogens with zero attached hydrogens (tertiary/aromatic N) is 2. The van der Waals surface area contributed by atoms with Crippen molar-refractivity contribution < 1.29 is 38.0 Å². The van der Waals surface area contributed by atoms with E-state index in [0.29, 0.717) is 43.3 Å². The fourth-order valence-corrected chi connectivity index (χ4v) is 4.80. The minimum Gasteiger partial charge on any atom is -0.493 e. The lowest BCUT2D eigenvalue weighted by Gasteiger charge is -2.26. The van der Waals surface area contributed by atoms with Gasteiger partial charge in [-0.15, -0.1) is 0 Å². The maximum absolute atomic E-state index is 13.3. The minimum atomic E-state index is -0.688. The van der Waals surface area contributed by atoms with Crippen LogP contribution in [0, 0.1) is 5.92 Å². The molecule has 1 aromatic carbocycles. The lowest BCUT2D eigenvalue weighted by atomic mass is 9.94. The Morgan fingerprint density at radius 3 is 2.67 bits per heavy atom. The number of nitrogens with one attached hydrogen (secondary N) is 2. The van der Waals surface area contributed by atoms with E-state index in [1.165, 1.54) is 4.58 Å². The van der Waals surface area contributed by atoms with Crippen molar-refractivity contribution in [1.29, 1.82) is 0 Å². The molecule has 4 rings (SSSR count). The van der Waals surface area contributed by atoms with E-state index in [2.05, 4.69) is 10.6 Å². The summed E-state index contributed by atoms with van der Waals surface area (Å²) >= 11 is 0. The molecule has 11 heteroatoms. The van der Waals surface area contributed by atoms with Crippen LogP contribution in [0.25, 0.3) is 0 Å². The van der Waals surface area contributed by atoms with Gasteiger partial charge in [0.05, 0.1) is 26.7 Å². The Balaban J connectivity index is 1.32. The van der Waals surface area contributed by atoms with Crippen LogP contribution >= 0.6 is 0 Å². The van der Waals surface area contributed by atoms with Crippen molar-refractivity contribution in [3.8, 4) is 11.5 Å². The summed E-state index contributed by atoms with van der Waals surface area (Å²) < 4.78 is 17.4. The number of fused-ring (bicyclic) bond motifs is 1. The molecule has 3 aliphatic rings. The maximum atomic E-state index is 13.3. The van der Waals surface area contributed by atoms with Crippen LogP contribution in [0.4, 0.5) is 4.79 Å². The van der Waals surface area contributed by atoms with Crippen molar-refractivity contribution in [1.82, 2.24) is 15.5 Å². The molecule has 0 aromatic heterocycles. The highest BCUT2D eigenvalue weighted by Crippen LogP contribution is 2.27. The van der Waals surface area contributed by atoms with Crippen LogP contribution in [0.3, 0.4) is 0 Å². The second kappa shape index (κ2) is 13.2. The monoisotopic (exact) mass is 539 g/mol. The molecule has 208 valence electrons. The first-order valence-corrected chi connectivity index (χ1v) is 13.1. The number of methoxy groups -OCH3 is 2. The molecule has 1 aliphatic carbocycles. The van der Waals surface area contributed by atoms with Gasteiger partial charge in [-0.05, 0) is 43.0 Å². The Bertz CT molecular complexity index is 1200. The molecule has 1 saturated heterocycles. The number of carbonyl (C=O) groups is 4. The quantitative estimate of drug-likeness (QED) is 0.383. The van der Waals surface area contributed by atoms with Crippen LogP contribution in [0.5, 0.6) is 11.5 Å². The molecule has 2 atom stereocenters. The van der Waals surface area contributed by atoms with Crippen LogP contribution < -0.4 is 20.1 Å². The van der Waals surface area contributed by atoms with Crippen LogP contribution in [0.1, 0.15) is 24.8 Å². The van der Waals surface area contributed by atoms with E-state index in [4.69, 9.17) is 14.2 Å². The standard InChI is InChI=1S/C28H34N4O7/c1-37-23-10-9-19(16-24(23)38-2)11-13-29-25(33)12-14-31-27(35)21-7-3-4-8-22(21)32(28(31)36)18-26(34)30-17-20-6-5-15-39-20/h3-4,7-10,16,20-21H,5-6,11-15,17-18H2,1-2H3,(H-,29,30,33,34)/p+1. The van der Waals surface area contributed by atoms with Gasteiger partial charge in [0.15, 0.2) is 18.0 Å². The highest BCUT2D eigenvalue weighted by molar-refractivity contribution is 6.16. The van der Waals surface area contributed by atoms with Crippen molar-refractivity contribution in [2.45, 2.75) is 31.8 Å². The van der Waals surface area contributed by atoms with Crippen LogP contribution in [-0.2, 0) is 25.5 Å². The fraction of sp³-hybridized carbons (Fsp3) is 0.464. The third kappa shape index (κ3) is 6.91. The number of benzene rings is 1. The van der Waals surface area contributed by atoms with Gasteiger partial charge in [-0.3, -0.25) is 9.59 Å². The summed E-state index contributed by atoms with van der Waals surface area (Å²) in [5, 5.41) is 5.65. The predicted octanol–water partition coefficient (Wildman–Crippen LogP) is 1.21. The fourth-order valence-electron chi connectivity index (χ4n) is 4.80. The average Bonchev–Trinajstić information content (AvgIpc) is 3.48. The van der Waals surface area contributed by atoms with Crippen molar-refractivity contribution in [3.63, 3.8) is 0 Å². The van der Waals surface area contributed by atoms with Gasteiger partial charge in [-0.1, -0.05) is 24.3 Å². The summed E-state index contributed by atoms with van der Waals surface area (Å²) in [6, 6.07) is 4.93. The largest absolute Gasteiger partial charge is 0.501 e. The van der Waals surface area contributed by atoms with Crippen molar-refractivity contribution in [2.24, 2.45) is 5.92 Å². The van der Waals surface area contributed by atoms with Gasteiger partial charge in [0.1, 0.15) is 18.2 Å². The Morgan fingerprint density at radius 2 is 1.92 bits per heavy atom. The van der Waals surface area contributed by atoms with Gasteiger partial charge in [0.2, 0.25) is 5.91 Å².